The molecule has 0 amide bonds. The van der Waals surface area contributed by atoms with E-state index in [1.165, 1.54) is 4.68 Å². The SMILES string of the molecule is Cc1ccc(-n2nc(C(C)C)c(C)c2C(=O)O)cc1. The number of benzene rings is 1. The minimum atomic E-state index is -0.947. The quantitative estimate of drug-likeness (QED) is 0.918. The number of hydrogen-bond acceptors (Lipinski definition) is 2. The molecule has 0 saturated heterocycles. The van der Waals surface area contributed by atoms with Gasteiger partial charge in [0.2, 0.25) is 0 Å². The van der Waals surface area contributed by atoms with Gasteiger partial charge >= 0.3 is 5.97 Å². The second-order valence-electron chi connectivity index (χ2n) is 5.07. The molecule has 0 atom stereocenters. The molecule has 0 bridgehead atoms. The zero-order chi connectivity index (χ0) is 14.2. The van der Waals surface area contributed by atoms with E-state index in [4.69, 9.17) is 0 Å². The fourth-order valence-electron chi connectivity index (χ4n) is 2.19. The molecule has 0 saturated carbocycles. The molecule has 1 aromatic heterocycles. The Balaban J connectivity index is 2.65. The van der Waals surface area contributed by atoms with E-state index < -0.39 is 5.97 Å². The van der Waals surface area contributed by atoms with E-state index in [1.54, 1.807) is 0 Å². The first-order chi connectivity index (χ1) is 8.91. The number of aromatic nitrogens is 2. The number of aryl methyl sites for hydroxylation is 1. The maximum Gasteiger partial charge on any atom is 0.354 e. The third-order valence-corrected chi connectivity index (χ3v) is 3.19. The Kier molecular flexibility index (Phi) is 3.42. The van der Waals surface area contributed by atoms with Crippen molar-refractivity contribution in [3.8, 4) is 5.69 Å². The van der Waals surface area contributed by atoms with Crippen molar-refractivity contribution in [2.24, 2.45) is 0 Å². The molecule has 0 aliphatic heterocycles. The standard InChI is InChI=1S/C15H18N2O2/c1-9(2)13-11(4)14(15(18)19)17(16-13)12-7-5-10(3)6-8-12/h5-9H,1-4H3,(H,18,19). The Bertz CT molecular complexity index is 610. The molecule has 1 aromatic carbocycles. The van der Waals surface area contributed by atoms with Crippen molar-refractivity contribution >= 4 is 5.97 Å². The van der Waals surface area contributed by atoms with Crippen LogP contribution in [0.3, 0.4) is 0 Å². The van der Waals surface area contributed by atoms with Gasteiger partial charge in [-0.05, 0) is 31.9 Å². The predicted molar refractivity (Wildman–Crippen MR) is 74.1 cm³/mol. The van der Waals surface area contributed by atoms with Gasteiger partial charge in [-0.3, -0.25) is 0 Å². The number of nitrogens with zero attached hydrogens (tertiary/aromatic N) is 2. The number of rotatable bonds is 3. The summed E-state index contributed by atoms with van der Waals surface area (Å²) in [7, 11) is 0. The van der Waals surface area contributed by atoms with Gasteiger partial charge < -0.3 is 5.11 Å². The molecule has 0 aliphatic rings. The third-order valence-electron chi connectivity index (χ3n) is 3.19. The highest BCUT2D eigenvalue weighted by Gasteiger charge is 2.22. The van der Waals surface area contributed by atoms with Gasteiger partial charge in [-0.2, -0.15) is 5.10 Å². The number of carboxylic acids is 1. The van der Waals surface area contributed by atoms with Crippen molar-refractivity contribution in [3.05, 3.63) is 46.8 Å². The van der Waals surface area contributed by atoms with E-state index in [2.05, 4.69) is 5.10 Å². The lowest BCUT2D eigenvalue weighted by Gasteiger charge is -2.05. The molecule has 1 heterocycles. The average molecular weight is 258 g/mol. The maximum absolute atomic E-state index is 11.5. The normalized spacial score (nSPS) is 11.0. The van der Waals surface area contributed by atoms with E-state index in [9.17, 15) is 9.90 Å². The molecule has 1 N–H and O–H groups in total. The van der Waals surface area contributed by atoms with E-state index in [0.29, 0.717) is 0 Å². The molecule has 0 fully saturated rings. The maximum atomic E-state index is 11.5. The first-order valence-electron chi connectivity index (χ1n) is 6.31. The van der Waals surface area contributed by atoms with Gasteiger partial charge in [-0.1, -0.05) is 31.5 Å². The van der Waals surface area contributed by atoms with Gasteiger partial charge in [0.15, 0.2) is 5.69 Å². The van der Waals surface area contributed by atoms with Crippen LogP contribution in [0.2, 0.25) is 0 Å². The Morgan fingerprint density at radius 1 is 1.21 bits per heavy atom. The predicted octanol–water partition coefficient (Wildman–Crippen LogP) is 3.31. The lowest BCUT2D eigenvalue weighted by molar-refractivity contribution is 0.0686. The molecule has 0 aliphatic carbocycles. The van der Waals surface area contributed by atoms with Crippen LogP contribution in [0.25, 0.3) is 5.69 Å². The Hall–Kier alpha value is -2.10. The molecule has 0 radical (unpaired) electrons. The van der Waals surface area contributed by atoms with Crippen LogP contribution in [0.4, 0.5) is 0 Å². The van der Waals surface area contributed by atoms with Crippen LogP contribution in [0, 0.1) is 13.8 Å². The summed E-state index contributed by atoms with van der Waals surface area (Å²) in [6.45, 7) is 7.84. The molecule has 4 nitrogen and oxygen atoms in total. The topological polar surface area (TPSA) is 55.1 Å². The molecular formula is C15H18N2O2. The van der Waals surface area contributed by atoms with Crippen LogP contribution in [-0.4, -0.2) is 20.9 Å². The molecular weight excluding hydrogens is 240 g/mol. The van der Waals surface area contributed by atoms with Crippen molar-refractivity contribution in [1.82, 2.24) is 9.78 Å². The van der Waals surface area contributed by atoms with Crippen molar-refractivity contribution in [1.29, 1.82) is 0 Å². The Labute approximate surface area is 112 Å². The lowest BCUT2D eigenvalue weighted by Crippen LogP contribution is -2.09. The van der Waals surface area contributed by atoms with Crippen molar-refractivity contribution in [2.75, 3.05) is 0 Å². The van der Waals surface area contributed by atoms with Crippen LogP contribution in [0.5, 0.6) is 0 Å². The van der Waals surface area contributed by atoms with Gasteiger partial charge in [-0.25, -0.2) is 9.48 Å². The van der Waals surface area contributed by atoms with Crippen LogP contribution >= 0.6 is 0 Å². The highest BCUT2D eigenvalue weighted by Crippen LogP contribution is 2.24. The molecule has 2 aromatic rings. The van der Waals surface area contributed by atoms with Crippen LogP contribution in [0.15, 0.2) is 24.3 Å². The first kappa shape index (κ1) is 13.3. The highest BCUT2D eigenvalue weighted by molar-refractivity contribution is 5.88. The first-order valence-corrected chi connectivity index (χ1v) is 6.31. The second kappa shape index (κ2) is 4.88. The molecule has 4 heteroatoms. The summed E-state index contributed by atoms with van der Waals surface area (Å²) in [5.41, 5.74) is 3.72. The minimum Gasteiger partial charge on any atom is -0.477 e. The molecule has 0 unspecified atom stereocenters. The van der Waals surface area contributed by atoms with E-state index in [-0.39, 0.29) is 11.6 Å². The monoisotopic (exact) mass is 258 g/mol. The van der Waals surface area contributed by atoms with Crippen LogP contribution < -0.4 is 0 Å². The zero-order valence-corrected chi connectivity index (χ0v) is 11.6. The lowest BCUT2D eigenvalue weighted by atomic mass is 10.1. The largest absolute Gasteiger partial charge is 0.477 e. The zero-order valence-electron chi connectivity index (χ0n) is 11.6. The van der Waals surface area contributed by atoms with Gasteiger partial charge in [-0.15, -0.1) is 0 Å². The summed E-state index contributed by atoms with van der Waals surface area (Å²) in [6, 6.07) is 7.68. The average Bonchev–Trinajstić information content (AvgIpc) is 2.68. The third kappa shape index (κ3) is 2.38. The summed E-state index contributed by atoms with van der Waals surface area (Å²) in [5, 5.41) is 13.9. The fraction of sp³-hybridized carbons (Fsp3) is 0.333. The Morgan fingerprint density at radius 2 is 1.79 bits per heavy atom. The fourth-order valence-corrected chi connectivity index (χ4v) is 2.19. The molecule has 100 valence electrons. The van der Waals surface area contributed by atoms with Crippen molar-refractivity contribution in [3.63, 3.8) is 0 Å². The number of hydrogen-bond donors (Lipinski definition) is 1. The summed E-state index contributed by atoms with van der Waals surface area (Å²) in [4.78, 5) is 11.5. The summed E-state index contributed by atoms with van der Waals surface area (Å²) < 4.78 is 1.52. The van der Waals surface area contributed by atoms with E-state index >= 15 is 0 Å². The summed E-state index contributed by atoms with van der Waals surface area (Å²) >= 11 is 0. The number of carboxylic acid groups (broad SMARTS) is 1. The van der Waals surface area contributed by atoms with Crippen LogP contribution in [0.1, 0.15) is 47.1 Å². The van der Waals surface area contributed by atoms with E-state index in [1.807, 2.05) is 52.0 Å². The summed E-state index contributed by atoms with van der Waals surface area (Å²) in [5.74, 6) is -0.748. The van der Waals surface area contributed by atoms with Crippen LogP contribution in [-0.2, 0) is 0 Å². The van der Waals surface area contributed by atoms with Gasteiger partial charge in [0.05, 0.1) is 11.4 Å². The smallest absolute Gasteiger partial charge is 0.354 e. The van der Waals surface area contributed by atoms with Crippen molar-refractivity contribution in [2.45, 2.75) is 33.6 Å². The van der Waals surface area contributed by atoms with Gasteiger partial charge in [0.1, 0.15) is 0 Å². The van der Waals surface area contributed by atoms with E-state index in [0.717, 1.165) is 22.5 Å². The summed E-state index contributed by atoms with van der Waals surface area (Å²) in [6.07, 6.45) is 0. The Morgan fingerprint density at radius 3 is 2.26 bits per heavy atom. The number of carbonyl (C=O) groups is 1. The number of aromatic carboxylic acids is 1. The molecule has 0 spiro atoms. The molecule has 2 rings (SSSR count). The molecule has 19 heavy (non-hydrogen) atoms. The van der Waals surface area contributed by atoms with Gasteiger partial charge in [0, 0.05) is 5.56 Å². The highest BCUT2D eigenvalue weighted by atomic mass is 16.4. The minimum absolute atomic E-state index is 0.199. The van der Waals surface area contributed by atoms with Crippen molar-refractivity contribution < 1.29 is 9.90 Å². The second-order valence-corrected chi connectivity index (χ2v) is 5.07. The van der Waals surface area contributed by atoms with Gasteiger partial charge in [0.25, 0.3) is 0 Å².